The van der Waals surface area contributed by atoms with E-state index in [1.807, 2.05) is 0 Å². The molecule has 2 aliphatic rings. The van der Waals surface area contributed by atoms with Gasteiger partial charge < -0.3 is 14.8 Å². The van der Waals surface area contributed by atoms with E-state index in [4.69, 9.17) is 9.47 Å². The Hall–Kier alpha value is -1.22. The number of hydrogen-bond acceptors (Lipinski definition) is 3. The lowest BCUT2D eigenvalue weighted by atomic mass is 9.67. The van der Waals surface area contributed by atoms with E-state index < -0.39 is 0 Å². The first-order valence-corrected chi connectivity index (χ1v) is 8.34. The third-order valence-electron chi connectivity index (χ3n) is 5.10. The first-order valence-electron chi connectivity index (χ1n) is 8.34. The topological polar surface area (TPSA) is 30.5 Å². The van der Waals surface area contributed by atoms with Crippen LogP contribution in [-0.4, -0.2) is 26.3 Å². The molecule has 1 N–H and O–H groups in total. The molecule has 0 aromatic heterocycles. The van der Waals surface area contributed by atoms with Crippen LogP contribution in [0.5, 0.6) is 11.5 Å². The molecule has 1 aromatic rings. The van der Waals surface area contributed by atoms with Crippen LogP contribution >= 0.6 is 0 Å². The predicted octanol–water partition coefficient (Wildman–Crippen LogP) is 3.52. The SMILES string of the molecule is CCNCC1(c2ccc3c(c2)OCCO3)CCC(C)CC1. The van der Waals surface area contributed by atoms with Gasteiger partial charge in [-0.2, -0.15) is 0 Å². The Bertz CT molecular complexity index is 473. The molecule has 0 amide bonds. The van der Waals surface area contributed by atoms with Crippen molar-refractivity contribution in [2.45, 2.75) is 44.9 Å². The standard InChI is InChI=1S/C18H27NO2/c1-3-19-13-18(8-6-14(2)7-9-18)15-4-5-16-17(12-15)21-11-10-20-16/h4-5,12,14,19H,3,6-11,13H2,1-2H3. The van der Waals surface area contributed by atoms with E-state index in [0.717, 1.165) is 30.5 Å². The summed E-state index contributed by atoms with van der Waals surface area (Å²) in [6.07, 6.45) is 5.17. The molecular weight excluding hydrogens is 262 g/mol. The Labute approximate surface area is 128 Å². The lowest BCUT2D eigenvalue weighted by Crippen LogP contribution is -2.41. The van der Waals surface area contributed by atoms with Gasteiger partial charge in [0.25, 0.3) is 0 Å². The number of ether oxygens (including phenoxy) is 2. The van der Waals surface area contributed by atoms with Crippen molar-refractivity contribution in [3.05, 3.63) is 23.8 Å². The number of fused-ring (bicyclic) bond motifs is 1. The molecule has 1 aromatic carbocycles. The van der Waals surface area contributed by atoms with Crippen LogP contribution in [0.4, 0.5) is 0 Å². The maximum atomic E-state index is 5.78. The second kappa shape index (κ2) is 6.27. The predicted molar refractivity (Wildman–Crippen MR) is 85.3 cm³/mol. The minimum absolute atomic E-state index is 0.262. The monoisotopic (exact) mass is 289 g/mol. The Balaban J connectivity index is 1.88. The zero-order valence-corrected chi connectivity index (χ0v) is 13.3. The molecule has 1 heterocycles. The molecule has 3 nitrogen and oxygen atoms in total. The van der Waals surface area contributed by atoms with Gasteiger partial charge in [0.1, 0.15) is 13.2 Å². The van der Waals surface area contributed by atoms with Crippen LogP contribution in [0.25, 0.3) is 0 Å². The van der Waals surface area contributed by atoms with Crippen molar-refractivity contribution >= 4 is 0 Å². The van der Waals surface area contributed by atoms with Crippen LogP contribution in [0.15, 0.2) is 18.2 Å². The Morgan fingerprint density at radius 3 is 2.57 bits per heavy atom. The lowest BCUT2D eigenvalue weighted by molar-refractivity contribution is 0.170. The second-order valence-corrected chi connectivity index (χ2v) is 6.60. The van der Waals surface area contributed by atoms with Gasteiger partial charge in [-0.05, 0) is 55.8 Å². The highest BCUT2D eigenvalue weighted by Gasteiger charge is 2.36. The van der Waals surface area contributed by atoms with Crippen molar-refractivity contribution in [2.75, 3.05) is 26.3 Å². The average Bonchev–Trinajstić information content (AvgIpc) is 2.54. The maximum absolute atomic E-state index is 5.78. The summed E-state index contributed by atoms with van der Waals surface area (Å²) in [6, 6.07) is 6.57. The van der Waals surface area contributed by atoms with Crippen LogP contribution in [-0.2, 0) is 5.41 Å². The normalized spacial score (nSPS) is 28.4. The highest BCUT2D eigenvalue weighted by molar-refractivity contribution is 5.46. The zero-order chi connectivity index (χ0) is 14.7. The van der Waals surface area contributed by atoms with Crippen LogP contribution in [0.3, 0.4) is 0 Å². The number of hydrogen-bond donors (Lipinski definition) is 1. The largest absolute Gasteiger partial charge is 0.486 e. The summed E-state index contributed by atoms with van der Waals surface area (Å²) in [5.41, 5.74) is 1.68. The van der Waals surface area contributed by atoms with Crippen LogP contribution < -0.4 is 14.8 Å². The van der Waals surface area contributed by atoms with Gasteiger partial charge in [-0.3, -0.25) is 0 Å². The van der Waals surface area contributed by atoms with Gasteiger partial charge in [0.15, 0.2) is 11.5 Å². The molecule has 21 heavy (non-hydrogen) atoms. The molecule has 1 aliphatic heterocycles. The number of likely N-dealkylation sites (N-methyl/N-ethyl adjacent to an activating group) is 1. The summed E-state index contributed by atoms with van der Waals surface area (Å²) in [5.74, 6) is 2.68. The molecule has 1 fully saturated rings. The summed E-state index contributed by atoms with van der Waals surface area (Å²) in [5, 5.41) is 3.58. The summed E-state index contributed by atoms with van der Waals surface area (Å²) in [7, 11) is 0. The molecule has 1 aliphatic carbocycles. The van der Waals surface area contributed by atoms with E-state index in [2.05, 4.69) is 37.4 Å². The van der Waals surface area contributed by atoms with E-state index in [1.165, 1.54) is 31.2 Å². The van der Waals surface area contributed by atoms with E-state index >= 15 is 0 Å². The molecule has 116 valence electrons. The zero-order valence-electron chi connectivity index (χ0n) is 13.3. The molecule has 0 spiro atoms. The van der Waals surface area contributed by atoms with Crippen molar-refractivity contribution in [3.63, 3.8) is 0 Å². The Morgan fingerprint density at radius 1 is 1.14 bits per heavy atom. The molecular formula is C18H27NO2. The smallest absolute Gasteiger partial charge is 0.161 e. The molecule has 1 saturated carbocycles. The fourth-order valence-electron chi connectivity index (χ4n) is 3.62. The third-order valence-corrected chi connectivity index (χ3v) is 5.10. The minimum Gasteiger partial charge on any atom is -0.486 e. The van der Waals surface area contributed by atoms with Crippen LogP contribution in [0.2, 0.25) is 0 Å². The molecule has 3 rings (SSSR count). The van der Waals surface area contributed by atoms with Crippen LogP contribution in [0.1, 0.15) is 45.1 Å². The summed E-state index contributed by atoms with van der Waals surface area (Å²) in [4.78, 5) is 0. The molecule has 3 heteroatoms. The quantitative estimate of drug-likeness (QED) is 0.920. The van der Waals surface area contributed by atoms with Gasteiger partial charge in [0, 0.05) is 12.0 Å². The van der Waals surface area contributed by atoms with Crippen LogP contribution in [0, 0.1) is 5.92 Å². The molecule has 0 radical (unpaired) electrons. The fourth-order valence-corrected chi connectivity index (χ4v) is 3.62. The number of nitrogens with one attached hydrogen (secondary N) is 1. The van der Waals surface area contributed by atoms with Gasteiger partial charge in [-0.15, -0.1) is 0 Å². The van der Waals surface area contributed by atoms with Crippen molar-refractivity contribution in [2.24, 2.45) is 5.92 Å². The fraction of sp³-hybridized carbons (Fsp3) is 0.667. The van der Waals surface area contributed by atoms with Crippen molar-refractivity contribution < 1.29 is 9.47 Å². The van der Waals surface area contributed by atoms with Crippen molar-refractivity contribution in [3.8, 4) is 11.5 Å². The Morgan fingerprint density at radius 2 is 1.86 bits per heavy atom. The molecule has 0 saturated heterocycles. The highest BCUT2D eigenvalue weighted by Crippen LogP contribution is 2.44. The first-order chi connectivity index (χ1) is 10.2. The van der Waals surface area contributed by atoms with E-state index in [-0.39, 0.29) is 5.41 Å². The minimum atomic E-state index is 0.262. The van der Waals surface area contributed by atoms with Gasteiger partial charge in [0.2, 0.25) is 0 Å². The second-order valence-electron chi connectivity index (χ2n) is 6.60. The average molecular weight is 289 g/mol. The van der Waals surface area contributed by atoms with E-state index in [9.17, 15) is 0 Å². The van der Waals surface area contributed by atoms with Crippen molar-refractivity contribution in [1.82, 2.24) is 5.32 Å². The molecule has 0 bridgehead atoms. The van der Waals surface area contributed by atoms with Gasteiger partial charge in [-0.25, -0.2) is 0 Å². The van der Waals surface area contributed by atoms with E-state index in [1.54, 1.807) is 0 Å². The van der Waals surface area contributed by atoms with Gasteiger partial charge in [-0.1, -0.05) is 19.9 Å². The van der Waals surface area contributed by atoms with Crippen molar-refractivity contribution in [1.29, 1.82) is 0 Å². The van der Waals surface area contributed by atoms with Gasteiger partial charge in [0.05, 0.1) is 0 Å². The summed E-state index contributed by atoms with van der Waals surface area (Å²) >= 11 is 0. The van der Waals surface area contributed by atoms with Gasteiger partial charge >= 0.3 is 0 Å². The summed E-state index contributed by atoms with van der Waals surface area (Å²) < 4.78 is 11.4. The number of benzene rings is 1. The third kappa shape index (κ3) is 3.03. The van der Waals surface area contributed by atoms with E-state index in [0.29, 0.717) is 13.2 Å². The lowest BCUT2D eigenvalue weighted by Gasteiger charge is -2.40. The Kier molecular flexibility index (Phi) is 4.39. The first kappa shape index (κ1) is 14.7. The number of rotatable bonds is 4. The highest BCUT2D eigenvalue weighted by atomic mass is 16.6. The summed E-state index contributed by atoms with van der Waals surface area (Å²) in [6.45, 7) is 7.97. The maximum Gasteiger partial charge on any atom is 0.161 e. The molecule has 0 atom stereocenters. The molecule has 0 unspecified atom stereocenters.